The summed E-state index contributed by atoms with van der Waals surface area (Å²) in [5.74, 6) is 0.00946. The lowest BCUT2D eigenvalue weighted by molar-refractivity contribution is -0.134. The van der Waals surface area contributed by atoms with E-state index in [0.717, 1.165) is 17.1 Å². The first kappa shape index (κ1) is 20.0. The molecule has 8 heteroatoms. The number of carbonyl (C=O) groups is 2. The number of amides is 1. The number of ether oxygens (including phenoxy) is 1. The third-order valence-corrected chi connectivity index (χ3v) is 5.26. The largest absolute Gasteiger partial charge is 0.452 e. The van der Waals surface area contributed by atoms with E-state index < -0.39 is 5.97 Å². The van der Waals surface area contributed by atoms with Gasteiger partial charge in [-0.25, -0.2) is 9.78 Å². The number of rotatable bonds is 5. The van der Waals surface area contributed by atoms with Gasteiger partial charge in [-0.1, -0.05) is 29.8 Å². The van der Waals surface area contributed by atoms with E-state index in [1.807, 2.05) is 24.3 Å². The zero-order valence-electron chi connectivity index (χ0n) is 16.3. The van der Waals surface area contributed by atoms with Crippen LogP contribution in [0, 0.1) is 0 Å². The minimum Gasteiger partial charge on any atom is -0.452 e. The average Bonchev–Trinajstić information content (AvgIpc) is 3.32. The number of benzene rings is 2. The van der Waals surface area contributed by atoms with Crippen LogP contribution >= 0.6 is 11.6 Å². The number of nitrogens with one attached hydrogen (secondary N) is 1. The van der Waals surface area contributed by atoms with Gasteiger partial charge in [0.2, 0.25) is 0 Å². The third kappa shape index (κ3) is 4.63. The van der Waals surface area contributed by atoms with Crippen LogP contribution in [0.1, 0.15) is 10.4 Å². The van der Waals surface area contributed by atoms with Crippen molar-refractivity contribution in [3.63, 3.8) is 0 Å². The van der Waals surface area contributed by atoms with Crippen LogP contribution in [-0.4, -0.2) is 59.5 Å². The van der Waals surface area contributed by atoms with Gasteiger partial charge < -0.3 is 19.5 Å². The lowest BCUT2D eigenvalue weighted by Gasteiger charge is -2.36. The van der Waals surface area contributed by atoms with Crippen molar-refractivity contribution in [2.75, 3.05) is 37.7 Å². The Bertz CT molecular complexity index is 1010. The Morgan fingerprint density at radius 3 is 2.50 bits per heavy atom. The Morgan fingerprint density at radius 2 is 1.83 bits per heavy atom. The quantitative estimate of drug-likeness (QED) is 0.636. The van der Waals surface area contributed by atoms with Gasteiger partial charge in [0.25, 0.3) is 5.91 Å². The molecule has 0 radical (unpaired) electrons. The summed E-state index contributed by atoms with van der Waals surface area (Å²) in [6, 6.07) is 14.6. The van der Waals surface area contributed by atoms with Crippen LogP contribution in [0.15, 0.2) is 60.9 Å². The molecule has 0 aliphatic carbocycles. The van der Waals surface area contributed by atoms with Crippen molar-refractivity contribution in [3.05, 3.63) is 71.5 Å². The number of imidazole rings is 1. The molecule has 2 heterocycles. The molecule has 1 saturated heterocycles. The Hall–Kier alpha value is -3.32. The van der Waals surface area contributed by atoms with Gasteiger partial charge in [0.15, 0.2) is 6.61 Å². The molecule has 1 fully saturated rings. The molecule has 1 aromatic heterocycles. The van der Waals surface area contributed by atoms with Crippen molar-refractivity contribution in [2.24, 2.45) is 0 Å². The predicted molar refractivity (Wildman–Crippen MR) is 115 cm³/mol. The molecule has 154 valence electrons. The van der Waals surface area contributed by atoms with E-state index in [9.17, 15) is 9.59 Å². The van der Waals surface area contributed by atoms with Crippen molar-refractivity contribution in [1.82, 2.24) is 14.9 Å². The summed E-state index contributed by atoms with van der Waals surface area (Å²) in [4.78, 5) is 35.8. The van der Waals surface area contributed by atoms with E-state index in [0.29, 0.717) is 36.8 Å². The number of carbonyl (C=O) groups excluding carboxylic acids is 2. The first-order valence-electron chi connectivity index (χ1n) is 9.65. The molecular weight excluding hydrogens is 404 g/mol. The van der Waals surface area contributed by atoms with Crippen LogP contribution in [-0.2, 0) is 9.53 Å². The fourth-order valence-electron chi connectivity index (χ4n) is 3.38. The summed E-state index contributed by atoms with van der Waals surface area (Å²) < 4.78 is 5.22. The molecular formula is C22H21ClN4O3. The van der Waals surface area contributed by atoms with E-state index in [1.54, 1.807) is 41.6 Å². The summed E-state index contributed by atoms with van der Waals surface area (Å²) in [6.45, 7) is 2.28. The zero-order chi connectivity index (χ0) is 20.9. The van der Waals surface area contributed by atoms with Crippen molar-refractivity contribution < 1.29 is 14.3 Å². The Balaban J connectivity index is 1.26. The van der Waals surface area contributed by atoms with Gasteiger partial charge >= 0.3 is 5.97 Å². The lowest BCUT2D eigenvalue weighted by Crippen LogP contribution is -2.49. The van der Waals surface area contributed by atoms with Crippen molar-refractivity contribution in [1.29, 1.82) is 0 Å². The SMILES string of the molecule is O=C(OCC(=O)N1CCN(c2cccc(Cl)c2)CC1)c1ccc(-c2ncc[nH]2)cc1. The van der Waals surface area contributed by atoms with Crippen LogP contribution in [0.3, 0.4) is 0 Å². The standard InChI is InChI=1S/C22H21ClN4O3/c23-18-2-1-3-19(14-18)26-10-12-27(13-11-26)20(28)15-30-22(29)17-6-4-16(5-7-17)21-24-8-9-25-21/h1-9,14H,10-13,15H2,(H,24,25). The smallest absolute Gasteiger partial charge is 0.338 e. The topological polar surface area (TPSA) is 78.5 Å². The van der Waals surface area contributed by atoms with Crippen LogP contribution in [0.5, 0.6) is 0 Å². The van der Waals surface area contributed by atoms with E-state index in [-0.39, 0.29) is 12.5 Å². The first-order chi connectivity index (χ1) is 14.6. The second-order valence-corrected chi connectivity index (χ2v) is 7.38. The highest BCUT2D eigenvalue weighted by atomic mass is 35.5. The van der Waals surface area contributed by atoms with Crippen molar-refractivity contribution >= 4 is 29.2 Å². The number of aromatic nitrogens is 2. The van der Waals surface area contributed by atoms with Gasteiger partial charge in [-0.3, -0.25) is 4.79 Å². The molecule has 2 aromatic carbocycles. The zero-order valence-corrected chi connectivity index (χ0v) is 17.0. The van der Waals surface area contributed by atoms with E-state index >= 15 is 0 Å². The fraction of sp³-hybridized carbons (Fsp3) is 0.227. The molecule has 3 aromatic rings. The highest BCUT2D eigenvalue weighted by molar-refractivity contribution is 6.30. The molecule has 0 bridgehead atoms. The van der Waals surface area contributed by atoms with Crippen molar-refractivity contribution in [3.8, 4) is 11.4 Å². The number of nitrogens with zero attached hydrogens (tertiary/aromatic N) is 3. The molecule has 7 nitrogen and oxygen atoms in total. The highest BCUT2D eigenvalue weighted by Gasteiger charge is 2.22. The van der Waals surface area contributed by atoms with Gasteiger partial charge in [0, 0.05) is 54.8 Å². The minimum atomic E-state index is -0.521. The summed E-state index contributed by atoms with van der Waals surface area (Å²) in [5.41, 5.74) is 2.30. The summed E-state index contributed by atoms with van der Waals surface area (Å²) in [6.07, 6.45) is 3.40. The van der Waals surface area contributed by atoms with Gasteiger partial charge in [-0.15, -0.1) is 0 Å². The van der Waals surface area contributed by atoms with E-state index in [1.165, 1.54) is 0 Å². The molecule has 0 atom stereocenters. The van der Waals surface area contributed by atoms with Gasteiger partial charge in [0.1, 0.15) is 5.82 Å². The Labute approximate surface area is 179 Å². The molecule has 0 unspecified atom stereocenters. The second-order valence-electron chi connectivity index (χ2n) is 6.94. The lowest BCUT2D eigenvalue weighted by atomic mass is 10.1. The summed E-state index contributed by atoms with van der Waals surface area (Å²) in [7, 11) is 0. The number of esters is 1. The number of hydrogen-bond acceptors (Lipinski definition) is 5. The highest BCUT2D eigenvalue weighted by Crippen LogP contribution is 2.21. The van der Waals surface area contributed by atoms with Crippen LogP contribution in [0.2, 0.25) is 5.02 Å². The Morgan fingerprint density at radius 1 is 1.07 bits per heavy atom. The number of H-pyrrole nitrogens is 1. The minimum absolute atomic E-state index is 0.193. The van der Waals surface area contributed by atoms with Crippen LogP contribution < -0.4 is 4.90 Å². The summed E-state index contributed by atoms with van der Waals surface area (Å²) >= 11 is 6.05. The maximum atomic E-state index is 12.4. The number of aromatic amines is 1. The Kier molecular flexibility index (Phi) is 5.99. The van der Waals surface area contributed by atoms with E-state index in [4.69, 9.17) is 16.3 Å². The number of hydrogen-bond donors (Lipinski definition) is 1. The normalized spacial score (nSPS) is 13.9. The molecule has 1 amide bonds. The maximum Gasteiger partial charge on any atom is 0.338 e. The first-order valence-corrected chi connectivity index (χ1v) is 10.0. The molecule has 0 saturated carbocycles. The van der Waals surface area contributed by atoms with Crippen LogP contribution in [0.25, 0.3) is 11.4 Å². The second kappa shape index (κ2) is 9.00. The molecule has 1 N–H and O–H groups in total. The average molecular weight is 425 g/mol. The maximum absolute atomic E-state index is 12.4. The molecule has 4 rings (SSSR count). The fourth-order valence-corrected chi connectivity index (χ4v) is 3.56. The predicted octanol–water partition coefficient (Wildman–Crippen LogP) is 3.24. The number of halogens is 1. The van der Waals surface area contributed by atoms with Gasteiger partial charge in [-0.05, 0) is 30.3 Å². The van der Waals surface area contributed by atoms with E-state index in [2.05, 4.69) is 14.9 Å². The molecule has 1 aliphatic rings. The van der Waals surface area contributed by atoms with Gasteiger partial charge in [0.05, 0.1) is 5.56 Å². The third-order valence-electron chi connectivity index (χ3n) is 5.02. The van der Waals surface area contributed by atoms with Crippen molar-refractivity contribution in [2.45, 2.75) is 0 Å². The monoisotopic (exact) mass is 424 g/mol. The molecule has 0 spiro atoms. The number of anilines is 1. The van der Waals surface area contributed by atoms with Gasteiger partial charge in [-0.2, -0.15) is 0 Å². The number of piperazine rings is 1. The van der Waals surface area contributed by atoms with Crippen LogP contribution in [0.4, 0.5) is 5.69 Å². The molecule has 1 aliphatic heterocycles. The summed E-state index contributed by atoms with van der Waals surface area (Å²) in [5, 5.41) is 0.690. The molecule has 30 heavy (non-hydrogen) atoms.